The van der Waals surface area contributed by atoms with Crippen LogP contribution in [-0.2, 0) is 14.3 Å². The fourth-order valence-corrected chi connectivity index (χ4v) is 4.62. The first-order chi connectivity index (χ1) is 18.7. The highest BCUT2D eigenvalue weighted by Gasteiger charge is 2.28. The van der Waals surface area contributed by atoms with Crippen molar-refractivity contribution in [2.75, 3.05) is 44.7 Å². The van der Waals surface area contributed by atoms with Crippen LogP contribution in [0.1, 0.15) is 27.5 Å². The Balaban J connectivity index is 1.30. The predicted molar refractivity (Wildman–Crippen MR) is 141 cm³/mol. The molecular formula is C28H26ClF2N3O5. The number of rotatable bonds is 9. The Labute approximate surface area is 228 Å². The SMILES string of the molecule is O=C(COCC(=O)N1CCN(C(c2ccc(F)cc2)c2ccc(F)cc2)CC1)Nc1ccc(Cl)cc1C(=O)O. The molecule has 0 radical (unpaired) electrons. The number of piperazine rings is 1. The lowest BCUT2D eigenvalue weighted by Crippen LogP contribution is -2.50. The van der Waals surface area contributed by atoms with Gasteiger partial charge in [0, 0.05) is 31.2 Å². The molecule has 39 heavy (non-hydrogen) atoms. The lowest BCUT2D eigenvalue weighted by molar-refractivity contribution is -0.139. The Morgan fingerprint density at radius 3 is 1.97 bits per heavy atom. The second-order valence-corrected chi connectivity index (χ2v) is 9.39. The van der Waals surface area contributed by atoms with E-state index in [0.29, 0.717) is 26.2 Å². The minimum Gasteiger partial charge on any atom is -0.478 e. The predicted octanol–water partition coefficient (Wildman–Crippen LogP) is 4.21. The van der Waals surface area contributed by atoms with Gasteiger partial charge in [-0.2, -0.15) is 0 Å². The number of amides is 2. The number of carboxylic acid groups (broad SMARTS) is 1. The maximum atomic E-state index is 13.5. The third-order valence-electron chi connectivity index (χ3n) is 6.35. The quantitative estimate of drug-likeness (QED) is 0.409. The van der Waals surface area contributed by atoms with Gasteiger partial charge in [0.25, 0.3) is 0 Å². The maximum Gasteiger partial charge on any atom is 0.337 e. The molecule has 0 saturated carbocycles. The van der Waals surface area contributed by atoms with E-state index in [0.717, 1.165) is 11.1 Å². The summed E-state index contributed by atoms with van der Waals surface area (Å²) < 4.78 is 32.4. The third-order valence-corrected chi connectivity index (χ3v) is 6.58. The molecule has 4 rings (SSSR count). The van der Waals surface area contributed by atoms with Crippen molar-refractivity contribution in [1.82, 2.24) is 9.80 Å². The first kappa shape index (κ1) is 28.2. The molecule has 0 aromatic heterocycles. The van der Waals surface area contributed by atoms with E-state index in [9.17, 15) is 28.3 Å². The number of ether oxygens (including phenoxy) is 1. The van der Waals surface area contributed by atoms with Crippen molar-refractivity contribution >= 4 is 35.1 Å². The molecule has 204 valence electrons. The number of hydrogen-bond acceptors (Lipinski definition) is 5. The zero-order chi connectivity index (χ0) is 27.9. The highest BCUT2D eigenvalue weighted by molar-refractivity contribution is 6.31. The molecule has 0 unspecified atom stereocenters. The zero-order valence-electron chi connectivity index (χ0n) is 20.8. The van der Waals surface area contributed by atoms with Gasteiger partial charge in [-0.1, -0.05) is 35.9 Å². The molecule has 1 aliphatic rings. The molecular weight excluding hydrogens is 532 g/mol. The zero-order valence-corrected chi connectivity index (χ0v) is 21.5. The van der Waals surface area contributed by atoms with Gasteiger partial charge in [-0.15, -0.1) is 0 Å². The Kier molecular flexibility index (Phi) is 9.23. The molecule has 0 spiro atoms. The van der Waals surface area contributed by atoms with Crippen LogP contribution in [0.25, 0.3) is 0 Å². The Hall–Kier alpha value is -3.86. The van der Waals surface area contributed by atoms with Crippen LogP contribution in [0, 0.1) is 11.6 Å². The van der Waals surface area contributed by atoms with Crippen LogP contribution in [0.15, 0.2) is 66.7 Å². The van der Waals surface area contributed by atoms with Gasteiger partial charge < -0.3 is 20.1 Å². The van der Waals surface area contributed by atoms with Gasteiger partial charge in [0.05, 0.1) is 17.3 Å². The topological polar surface area (TPSA) is 99.2 Å². The number of anilines is 1. The van der Waals surface area contributed by atoms with Crippen molar-refractivity contribution in [3.8, 4) is 0 Å². The highest BCUT2D eigenvalue weighted by Crippen LogP contribution is 2.30. The molecule has 0 bridgehead atoms. The van der Waals surface area contributed by atoms with Crippen LogP contribution in [0.4, 0.5) is 14.5 Å². The van der Waals surface area contributed by atoms with E-state index in [1.54, 1.807) is 29.2 Å². The maximum absolute atomic E-state index is 13.5. The average Bonchev–Trinajstić information content (AvgIpc) is 2.92. The van der Waals surface area contributed by atoms with Crippen LogP contribution < -0.4 is 5.32 Å². The molecule has 11 heteroatoms. The molecule has 2 amide bonds. The van der Waals surface area contributed by atoms with Crippen molar-refractivity contribution in [2.24, 2.45) is 0 Å². The number of halogens is 3. The summed E-state index contributed by atoms with van der Waals surface area (Å²) in [5, 5.41) is 11.9. The summed E-state index contributed by atoms with van der Waals surface area (Å²) in [5.74, 6) is -2.85. The molecule has 2 N–H and O–H groups in total. The molecule has 8 nitrogen and oxygen atoms in total. The number of benzene rings is 3. The van der Waals surface area contributed by atoms with Gasteiger partial charge in [-0.3, -0.25) is 14.5 Å². The van der Waals surface area contributed by atoms with E-state index in [-0.39, 0.29) is 46.5 Å². The summed E-state index contributed by atoms with van der Waals surface area (Å²) in [4.78, 5) is 40.0. The first-order valence-corrected chi connectivity index (χ1v) is 12.5. The number of nitrogens with zero attached hydrogens (tertiary/aromatic N) is 2. The largest absolute Gasteiger partial charge is 0.478 e. The van der Waals surface area contributed by atoms with Gasteiger partial charge in [0.1, 0.15) is 24.8 Å². The van der Waals surface area contributed by atoms with Gasteiger partial charge in [0.15, 0.2) is 0 Å². The average molecular weight is 558 g/mol. The molecule has 0 atom stereocenters. The van der Waals surface area contributed by atoms with Crippen LogP contribution in [0.5, 0.6) is 0 Å². The molecule has 1 heterocycles. The van der Waals surface area contributed by atoms with Crippen molar-refractivity contribution < 1.29 is 33.0 Å². The van der Waals surface area contributed by atoms with E-state index < -0.39 is 18.5 Å². The van der Waals surface area contributed by atoms with Crippen LogP contribution in [-0.4, -0.2) is 72.1 Å². The molecule has 1 fully saturated rings. The highest BCUT2D eigenvalue weighted by atomic mass is 35.5. The summed E-state index contributed by atoms with van der Waals surface area (Å²) in [6.07, 6.45) is 0. The molecule has 3 aromatic rings. The molecule has 3 aromatic carbocycles. The fraction of sp³-hybridized carbons (Fsp3) is 0.250. The van der Waals surface area contributed by atoms with Crippen molar-refractivity contribution in [1.29, 1.82) is 0 Å². The van der Waals surface area contributed by atoms with Crippen LogP contribution in [0.2, 0.25) is 5.02 Å². The number of carboxylic acids is 1. The lowest BCUT2D eigenvalue weighted by atomic mass is 9.96. The summed E-state index contributed by atoms with van der Waals surface area (Å²) >= 11 is 5.82. The first-order valence-electron chi connectivity index (χ1n) is 12.1. The Morgan fingerprint density at radius 2 is 1.44 bits per heavy atom. The van der Waals surface area contributed by atoms with E-state index in [2.05, 4.69) is 10.2 Å². The Morgan fingerprint density at radius 1 is 0.872 bits per heavy atom. The summed E-state index contributed by atoms with van der Waals surface area (Å²) in [7, 11) is 0. The number of nitrogens with one attached hydrogen (secondary N) is 1. The summed E-state index contributed by atoms with van der Waals surface area (Å²) in [5.41, 5.74) is 1.61. The summed E-state index contributed by atoms with van der Waals surface area (Å²) in [6.45, 7) is 1.07. The smallest absolute Gasteiger partial charge is 0.337 e. The minimum absolute atomic E-state index is 0.0693. The van der Waals surface area contributed by atoms with Crippen LogP contribution >= 0.6 is 11.6 Å². The molecule has 0 aliphatic carbocycles. The normalized spacial score (nSPS) is 13.9. The van der Waals surface area contributed by atoms with Gasteiger partial charge in [0.2, 0.25) is 11.8 Å². The number of carbonyl (C=O) groups excluding carboxylic acids is 2. The monoisotopic (exact) mass is 557 g/mol. The van der Waals surface area contributed by atoms with E-state index >= 15 is 0 Å². The standard InChI is InChI=1S/C28H26ClF2N3O5/c29-20-5-10-24(23(15-20)28(37)38)32-25(35)16-39-17-26(36)33-11-13-34(14-12-33)27(18-1-6-21(30)7-2-18)19-3-8-22(31)9-4-19/h1-10,15,27H,11-14,16-17H2,(H,32,35)(H,37,38). The van der Waals surface area contributed by atoms with Crippen molar-refractivity contribution in [2.45, 2.75) is 6.04 Å². The van der Waals surface area contributed by atoms with Gasteiger partial charge in [-0.25, -0.2) is 13.6 Å². The van der Waals surface area contributed by atoms with E-state index in [1.165, 1.54) is 42.5 Å². The number of hydrogen-bond donors (Lipinski definition) is 2. The second kappa shape index (κ2) is 12.8. The van der Waals surface area contributed by atoms with Crippen LogP contribution in [0.3, 0.4) is 0 Å². The van der Waals surface area contributed by atoms with E-state index in [4.69, 9.17) is 16.3 Å². The number of carbonyl (C=O) groups is 3. The Bertz CT molecular complexity index is 1280. The lowest BCUT2D eigenvalue weighted by Gasteiger charge is -2.39. The molecule has 1 aliphatic heterocycles. The summed E-state index contributed by atoms with van der Waals surface area (Å²) in [6, 6.07) is 16.1. The van der Waals surface area contributed by atoms with E-state index in [1.807, 2.05) is 0 Å². The van der Waals surface area contributed by atoms with Crippen molar-refractivity contribution in [3.63, 3.8) is 0 Å². The van der Waals surface area contributed by atoms with Gasteiger partial charge >= 0.3 is 5.97 Å². The van der Waals surface area contributed by atoms with Gasteiger partial charge in [-0.05, 0) is 53.6 Å². The third kappa shape index (κ3) is 7.38. The van der Waals surface area contributed by atoms with Crippen molar-refractivity contribution in [3.05, 3.63) is 100 Å². The fourth-order valence-electron chi connectivity index (χ4n) is 4.44. The molecule has 1 saturated heterocycles. The number of aromatic carboxylic acids is 1. The second-order valence-electron chi connectivity index (χ2n) is 8.96. The minimum atomic E-state index is -1.25.